The lowest BCUT2D eigenvalue weighted by molar-refractivity contribution is 0.417. The number of rotatable bonds is 4. The number of H-pyrrole nitrogens is 1. The van der Waals surface area contributed by atoms with Crippen molar-refractivity contribution in [3.63, 3.8) is 0 Å². The number of aromatic nitrogens is 2. The number of aromatic amines is 1. The summed E-state index contributed by atoms with van der Waals surface area (Å²) in [5, 5.41) is 2.45. The molecule has 0 aliphatic heterocycles. The highest BCUT2D eigenvalue weighted by atomic mass is 16.5. The van der Waals surface area contributed by atoms with Crippen LogP contribution < -0.4 is 10.4 Å². The topological polar surface area (TPSA) is 47.0 Å². The number of aryl methyl sites for hydroxylation is 2. The summed E-state index contributed by atoms with van der Waals surface area (Å²) in [5.74, 6) is 0.712. The minimum atomic E-state index is -0.102. The molecule has 0 radical (unpaired) electrons. The number of imidazole rings is 1. The number of nitrogens with zero attached hydrogens (tertiary/aromatic N) is 1. The number of fused-ring (bicyclic) bond motifs is 2. The molecule has 1 heterocycles. The van der Waals surface area contributed by atoms with Crippen molar-refractivity contribution in [2.24, 2.45) is 0 Å². The lowest BCUT2D eigenvalue weighted by atomic mass is 10.1. The fraction of sp³-hybridized carbons (Fsp3) is 0.150. The van der Waals surface area contributed by atoms with Gasteiger partial charge < -0.3 is 9.72 Å². The fourth-order valence-electron chi connectivity index (χ4n) is 3.20. The maximum Gasteiger partial charge on any atom is 0.326 e. The van der Waals surface area contributed by atoms with Crippen molar-refractivity contribution in [1.29, 1.82) is 0 Å². The zero-order valence-electron chi connectivity index (χ0n) is 13.5. The molecule has 24 heavy (non-hydrogen) atoms. The van der Waals surface area contributed by atoms with Crippen molar-refractivity contribution in [2.75, 3.05) is 7.11 Å². The quantitative estimate of drug-likeness (QED) is 0.623. The molecule has 0 spiro atoms. The lowest BCUT2D eigenvalue weighted by Gasteiger charge is -2.08. The molecule has 0 saturated carbocycles. The summed E-state index contributed by atoms with van der Waals surface area (Å²) >= 11 is 0. The molecule has 3 aromatic carbocycles. The first-order valence-electron chi connectivity index (χ1n) is 7.99. The number of ether oxygens (including phenoxy) is 1. The standard InChI is InChI=1S/C20H18N2O2/c1-24-18-8-4-7-17-19(18)22(20(23)21-17)12-11-14-9-10-15-5-2-3-6-16(15)13-14/h2-10,13H,11-12H2,1H3,(H,21,23). The molecule has 0 aliphatic rings. The molecular formula is C20H18N2O2. The zero-order valence-corrected chi connectivity index (χ0v) is 13.5. The Morgan fingerprint density at radius 1 is 1.00 bits per heavy atom. The Labute approximate surface area is 139 Å². The third kappa shape index (κ3) is 2.46. The van der Waals surface area contributed by atoms with Gasteiger partial charge in [0.1, 0.15) is 11.3 Å². The van der Waals surface area contributed by atoms with Crippen LogP contribution in [0, 0.1) is 0 Å². The molecule has 1 N–H and O–H groups in total. The van der Waals surface area contributed by atoms with Crippen LogP contribution in [0.3, 0.4) is 0 Å². The van der Waals surface area contributed by atoms with Crippen molar-refractivity contribution >= 4 is 21.8 Å². The second kappa shape index (κ2) is 5.89. The normalized spacial score (nSPS) is 11.2. The van der Waals surface area contributed by atoms with Crippen LogP contribution in [0.5, 0.6) is 5.75 Å². The molecule has 0 amide bonds. The van der Waals surface area contributed by atoms with Gasteiger partial charge >= 0.3 is 5.69 Å². The Hall–Kier alpha value is -3.01. The first kappa shape index (κ1) is 14.6. The third-order valence-electron chi connectivity index (χ3n) is 4.41. The minimum Gasteiger partial charge on any atom is -0.494 e. The summed E-state index contributed by atoms with van der Waals surface area (Å²) < 4.78 is 7.16. The van der Waals surface area contributed by atoms with Gasteiger partial charge in [-0.1, -0.05) is 48.5 Å². The van der Waals surface area contributed by atoms with E-state index in [1.165, 1.54) is 16.3 Å². The summed E-state index contributed by atoms with van der Waals surface area (Å²) in [6, 6.07) is 20.4. The number of nitrogens with one attached hydrogen (secondary N) is 1. The molecular weight excluding hydrogens is 300 g/mol. The van der Waals surface area contributed by atoms with Gasteiger partial charge in [-0.3, -0.25) is 4.57 Å². The fourth-order valence-corrected chi connectivity index (χ4v) is 3.20. The van der Waals surface area contributed by atoms with Crippen LogP contribution in [0.4, 0.5) is 0 Å². The van der Waals surface area contributed by atoms with Gasteiger partial charge in [0.25, 0.3) is 0 Å². The van der Waals surface area contributed by atoms with Crippen LogP contribution in [-0.2, 0) is 13.0 Å². The van der Waals surface area contributed by atoms with Crippen LogP contribution in [0.1, 0.15) is 5.56 Å². The molecule has 0 saturated heterocycles. The average Bonchev–Trinajstić information content (AvgIpc) is 2.95. The molecule has 4 aromatic rings. The molecule has 1 aromatic heterocycles. The molecule has 0 bridgehead atoms. The van der Waals surface area contributed by atoms with Gasteiger partial charge in [0.05, 0.1) is 12.6 Å². The molecule has 4 nitrogen and oxygen atoms in total. The van der Waals surface area contributed by atoms with E-state index < -0.39 is 0 Å². The van der Waals surface area contributed by atoms with E-state index in [2.05, 4.69) is 35.3 Å². The molecule has 0 unspecified atom stereocenters. The Morgan fingerprint density at radius 2 is 1.83 bits per heavy atom. The predicted molar refractivity (Wildman–Crippen MR) is 96.8 cm³/mol. The van der Waals surface area contributed by atoms with E-state index in [4.69, 9.17) is 4.74 Å². The van der Waals surface area contributed by atoms with Gasteiger partial charge in [0.15, 0.2) is 0 Å². The maximum atomic E-state index is 12.3. The Bertz CT molecular complexity index is 1080. The highest BCUT2D eigenvalue weighted by Crippen LogP contribution is 2.23. The van der Waals surface area contributed by atoms with E-state index in [-0.39, 0.29) is 5.69 Å². The van der Waals surface area contributed by atoms with Crippen molar-refractivity contribution in [3.05, 3.63) is 76.7 Å². The van der Waals surface area contributed by atoms with Crippen LogP contribution in [0.15, 0.2) is 65.5 Å². The highest BCUT2D eigenvalue weighted by molar-refractivity contribution is 5.83. The van der Waals surface area contributed by atoms with Crippen LogP contribution in [0.25, 0.3) is 21.8 Å². The van der Waals surface area contributed by atoms with E-state index in [1.54, 1.807) is 11.7 Å². The first-order valence-corrected chi connectivity index (χ1v) is 7.99. The third-order valence-corrected chi connectivity index (χ3v) is 4.41. The van der Waals surface area contributed by atoms with Crippen LogP contribution >= 0.6 is 0 Å². The molecule has 0 fully saturated rings. The molecule has 120 valence electrons. The molecule has 0 aliphatic carbocycles. The van der Waals surface area contributed by atoms with E-state index in [1.807, 2.05) is 30.3 Å². The minimum absolute atomic E-state index is 0.102. The van der Waals surface area contributed by atoms with Gasteiger partial charge in [-0.2, -0.15) is 0 Å². The van der Waals surface area contributed by atoms with Crippen molar-refractivity contribution in [3.8, 4) is 5.75 Å². The zero-order chi connectivity index (χ0) is 16.5. The number of methoxy groups -OCH3 is 1. The van der Waals surface area contributed by atoms with E-state index >= 15 is 0 Å². The summed E-state index contributed by atoms with van der Waals surface area (Å²) in [6.45, 7) is 0.609. The average molecular weight is 318 g/mol. The monoisotopic (exact) mass is 318 g/mol. The first-order chi connectivity index (χ1) is 11.8. The van der Waals surface area contributed by atoms with Crippen molar-refractivity contribution in [1.82, 2.24) is 9.55 Å². The smallest absolute Gasteiger partial charge is 0.326 e. The lowest BCUT2D eigenvalue weighted by Crippen LogP contribution is -2.18. The number of benzene rings is 3. The largest absolute Gasteiger partial charge is 0.494 e. The van der Waals surface area contributed by atoms with E-state index in [0.717, 1.165) is 17.5 Å². The van der Waals surface area contributed by atoms with Gasteiger partial charge in [-0.15, -0.1) is 0 Å². The van der Waals surface area contributed by atoms with Gasteiger partial charge in [0, 0.05) is 6.54 Å². The Balaban J connectivity index is 1.69. The van der Waals surface area contributed by atoms with E-state index in [9.17, 15) is 4.79 Å². The number of hydrogen-bond acceptors (Lipinski definition) is 2. The van der Waals surface area contributed by atoms with Crippen LogP contribution in [0.2, 0.25) is 0 Å². The van der Waals surface area contributed by atoms with E-state index in [0.29, 0.717) is 12.3 Å². The van der Waals surface area contributed by atoms with Gasteiger partial charge in [-0.05, 0) is 34.9 Å². The summed E-state index contributed by atoms with van der Waals surface area (Å²) in [4.78, 5) is 15.2. The van der Waals surface area contributed by atoms with Gasteiger partial charge in [0.2, 0.25) is 0 Å². The Morgan fingerprint density at radius 3 is 2.67 bits per heavy atom. The molecule has 4 rings (SSSR count). The van der Waals surface area contributed by atoms with Gasteiger partial charge in [-0.25, -0.2) is 4.79 Å². The maximum absolute atomic E-state index is 12.3. The summed E-state index contributed by atoms with van der Waals surface area (Å²) in [6.07, 6.45) is 0.787. The molecule has 4 heteroatoms. The van der Waals surface area contributed by atoms with Crippen LogP contribution in [-0.4, -0.2) is 16.7 Å². The number of hydrogen-bond donors (Lipinski definition) is 1. The predicted octanol–water partition coefficient (Wildman–Crippen LogP) is 3.73. The second-order valence-electron chi connectivity index (χ2n) is 5.87. The van der Waals surface area contributed by atoms with Crippen molar-refractivity contribution in [2.45, 2.75) is 13.0 Å². The van der Waals surface area contributed by atoms with Crippen molar-refractivity contribution < 1.29 is 4.74 Å². The summed E-state index contributed by atoms with van der Waals surface area (Å²) in [5.41, 5.74) is 2.74. The second-order valence-corrected chi connectivity index (χ2v) is 5.87. The number of para-hydroxylation sites is 1. The molecule has 0 atom stereocenters. The highest BCUT2D eigenvalue weighted by Gasteiger charge is 2.11. The SMILES string of the molecule is COc1cccc2[nH]c(=O)n(CCc3ccc4ccccc4c3)c12. The summed E-state index contributed by atoms with van der Waals surface area (Å²) in [7, 11) is 1.62. The Kier molecular flexibility index (Phi) is 3.58.